The fraction of sp³-hybridized carbons (Fsp3) is 0.909. The molecule has 0 aromatic heterocycles. The summed E-state index contributed by atoms with van der Waals surface area (Å²) in [5, 5.41) is 21.7. The van der Waals surface area contributed by atoms with Gasteiger partial charge >= 0.3 is 6.09 Å². The lowest BCUT2D eigenvalue weighted by atomic mass is 10.0. The Hall–Kier alpha value is -1.30. The number of aliphatic hydroxyl groups is 1. The van der Waals surface area contributed by atoms with E-state index in [-0.39, 0.29) is 0 Å². The molecule has 1 atom stereocenters. The highest BCUT2D eigenvalue weighted by Gasteiger charge is 2.36. The first-order valence-corrected chi connectivity index (χ1v) is 11.2. The van der Waals surface area contributed by atoms with Gasteiger partial charge in [-0.3, -0.25) is 9.69 Å². The lowest BCUT2D eigenvalue weighted by molar-refractivity contribution is -0.129. The zero-order valence-corrected chi connectivity index (χ0v) is 18.6. The lowest BCUT2D eigenvalue weighted by Crippen LogP contribution is -2.58. The molecule has 6 heteroatoms. The summed E-state index contributed by atoms with van der Waals surface area (Å²) in [7, 11) is 0. The van der Waals surface area contributed by atoms with Gasteiger partial charge in [0.1, 0.15) is 6.04 Å². The van der Waals surface area contributed by atoms with Crippen molar-refractivity contribution in [3.8, 4) is 0 Å². The predicted octanol–water partition coefficient (Wildman–Crippen LogP) is 4.94. The summed E-state index contributed by atoms with van der Waals surface area (Å²) in [6.07, 6.45) is 13.8. The molecule has 0 spiro atoms. The van der Waals surface area contributed by atoms with E-state index < -0.39 is 30.2 Å². The van der Waals surface area contributed by atoms with Crippen LogP contribution in [-0.4, -0.2) is 51.8 Å². The minimum Gasteiger partial charge on any atom is -0.465 e. The van der Waals surface area contributed by atoms with Crippen LogP contribution in [0, 0.1) is 0 Å². The van der Waals surface area contributed by atoms with E-state index in [0.717, 1.165) is 17.7 Å². The van der Waals surface area contributed by atoms with Crippen LogP contribution in [0.15, 0.2) is 0 Å². The summed E-state index contributed by atoms with van der Waals surface area (Å²) in [5.41, 5.74) is -0.757. The predicted molar refractivity (Wildman–Crippen MR) is 115 cm³/mol. The zero-order valence-electron chi connectivity index (χ0n) is 18.6. The Labute approximate surface area is 172 Å². The number of hydrogen-bond acceptors (Lipinski definition) is 3. The summed E-state index contributed by atoms with van der Waals surface area (Å²) < 4.78 is 0. The van der Waals surface area contributed by atoms with Crippen LogP contribution in [0.4, 0.5) is 4.79 Å². The third kappa shape index (κ3) is 12.2. The van der Waals surface area contributed by atoms with Crippen molar-refractivity contribution in [2.24, 2.45) is 0 Å². The monoisotopic (exact) mass is 400 g/mol. The first-order valence-electron chi connectivity index (χ1n) is 11.2. The van der Waals surface area contributed by atoms with Crippen LogP contribution >= 0.6 is 0 Å². The normalized spacial score (nSPS) is 12.6. The number of rotatable bonds is 16. The molecule has 0 fully saturated rings. The molecule has 0 heterocycles. The summed E-state index contributed by atoms with van der Waals surface area (Å²) in [5.74, 6) is -0.428. The number of carboxylic acid groups (broad SMARTS) is 1. The molecule has 6 nitrogen and oxygen atoms in total. The third-order valence-corrected chi connectivity index (χ3v) is 5.05. The molecule has 0 aromatic rings. The highest BCUT2D eigenvalue weighted by molar-refractivity contribution is 5.85. The van der Waals surface area contributed by atoms with Gasteiger partial charge in [0.05, 0.1) is 6.61 Å². The quantitative estimate of drug-likeness (QED) is 0.320. The topological polar surface area (TPSA) is 89.9 Å². The fourth-order valence-electron chi connectivity index (χ4n) is 3.46. The summed E-state index contributed by atoms with van der Waals surface area (Å²) in [6, 6.07) is -1.07. The van der Waals surface area contributed by atoms with E-state index in [2.05, 4.69) is 12.2 Å². The van der Waals surface area contributed by atoms with E-state index in [0.29, 0.717) is 6.54 Å². The van der Waals surface area contributed by atoms with Crippen LogP contribution in [0.25, 0.3) is 0 Å². The largest absolute Gasteiger partial charge is 0.465 e. The molecular formula is C22H44N2O4. The molecule has 3 N–H and O–H groups in total. The van der Waals surface area contributed by atoms with Gasteiger partial charge in [-0.05, 0) is 27.2 Å². The Morgan fingerprint density at radius 1 is 0.857 bits per heavy atom. The second-order valence-corrected chi connectivity index (χ2v) is 8.70. The zero-order chi connectivity index (χ0) is 21.4. The van der Waals surface area contributed by atoms with E-state index in [1.54, 1.807) is 20.8 Å². The highest BCUT2D eigenvalue weighted by Crippen LogP contribution is 2.17. The summed E-state index contributed by atoms with van der Waals surface area (Å²) in [4.78, 5) is 24.8. The van der Waals surface area contributed by atoms with Crippen molar-refractivity contribution in [1.29, 1.82) is 0 Å². The average Bonchev–Trinajstić information content (AvgIpc) is 2.61. The van der Waals surface area contributed by atoms with Crippen molar-refractivity contribution in [2.45, 2.75) is 116 Å². The SMILES string of the molecule is CCCCCCCCCCCCCCNC(=O)C(CO)N(C(=O)O)C(C)(C)C. The molecule has 0 aromatic carbocycles. The van der Waals surface area contributed by atoms with Crippen molar-refractivity contribution in [3.63, 3.8) is 0 Å². The third-order valence-electron chi connectivity index (χ3n) is 5.05. The maximum absolute atomic E-state index is 12.3. The van der Waals surface area contributed by atoms with E-state index in [4.69, 9.17) is 0 Å². The van der Waals surface area contributed by atoms with Crippen LogP contribution in [0.5, 0.6) is 0 Å². The Bertz CT molecular complexity index is 421. The fourth-order valence-corrected chi connectivity index (χ4v) is 3.46. The molecule has 0 bridgehead atoms. The first-order chi connectivity index (χ1) is 13.3. The Morgan fingerprint density at radius 3 is 1.64 bits per heavy atom. The number of amides is 2. The van der Waals surface area contributed by atoms with Crippen LogP contribution in [0.3, 0.4) is 0 Å². The number of unbranched alkanes of at least 4 members (excludes halogenated alkanes) is 11. The first kappa shape index (κ1) is 26.7. The second kappa shape index (κ2) is 15.6. The number of carbonyl (C=O) groups excluding carboxylic acids is 1. The molecule has 28 heavy (non-hydrogen) atoms. The van der Waals surface area contributed by atoms with Crippen molar-refractivity contribution in [3.05, 3.63) is 0 Å². The number of aliphatic hydroxyl groups excluding tert-OH is 1. The molecule has 2 amide bonds. The molecule has 0 saturated carbocycles. The maximum Gasteiger partial charge on any atom is 0.408 e. The molecule has 0 aliphatic heterocycles. The van der Waals surface area contributed by atoms with Gasteiger partial charge in [0.15, 0.2) is 0 Å². The van der Waals surface area contributed by atoms with Gasteiger partial charge in [0, 0.05) is 12.1 Å². The molecule has 1 unspecified atom stereocenters. The number of nitrogens with zero attached hydrogens (tertiary/aromatic N) is 1. The van der Waals surface area contributed by atoms with Crippen molar-refractivity contribution in [1.82, 2.24) is 10.2 Å². The minimum absolute atomic E-state index is 0.428. The molecule has 166 valence electrons. The van der Waals surface area contributed by atoms with Gasteiger partial charge in [-0.2, -0.15) is 0 Å². The highest BCUT2D eigenvalue weighted by atomic mass is 16.4. The molecule has 0 aliphatic rings. The molecular weight excluding hydrogens is 356 g/mol. The smallest absolute Gasteiger partial charge is 0.408 e. The second-order valence-electron chi connectivity index (χ2n) is 8.70. The summed E-state index contributed by atoms with van der Waals surface area (Å²) >= 11 is 0. The average molecular weight is 401 g/mol. The number of nitrogens with one attached hydrogen (secondary N) is 1. The Morgan fingerprint density at radius 2 is 1.29 bits per heavy atom. The van der Waals surface area contributed by atoms with E-state index in [1.165, 1.54) is 64.2 Å². The van der Waals surface area contributed by atoms with E-state index in [1.807, 2.05) is 0 Å². The number of carbonyl (C=O) groups is 2. The minimum atomic E-state index is -1.20. The Kier molecular flexibility index (Phi) is 14.9. The molecule has 0 rings (SSSR count). The van der Waals surface area contributed by atoms with E-state index >= 15 is 0 Å². The van der Waals surface area contributed by atoms with Crippen molar-refractivity contribution >= 4 is 12.0 Å². The maximum atomic E-state index is 12.3. The van der Waals surface area contributed by atoms with E-state index in [9.17, 15) is 19.8 Å². The summed E-state index contributed by atoms with van der Waals surface area (Å²) in [6.45, 7) is 7.37. The molecule has 0 aliphatic carbocycles. The van der Waals surface area contributed by atoms with Gasteiger partial charge in [-0.1, -0.05) is 77.6 Å². The van der Waals surface area contributed by atoms with Gasteiger partial charge < -0.3 is 15.5 Å². The van der Waals surface area contributed by atoms with Crippen LogP contribution < -0.4 is 5.32 Å². The molecule has 0 radical (unpaired) electrons. The van der Waals surface area contributed by atoms with Crippen molar-refractivity contribution < 1.29 is 19.8 Å². The number of hydrogen-bond donors (Lipinski definition) is 3. The van der Waals surface area contributed by atoms with Crippen molar-refractivity contribution in [2.75, 3.05) is 13.2 Å². The standard InChI is InChI=1S/C22H44N2O4/c1-5-6-7-8-9-10-11-12-13-14-15-16-17-23-20(26)19(18-25)24(21(27)28)22(2,3)4/h19,25H,5-18H2,1-4H3,(H,23,26)(H,27,28). The van der Waals surface area contributed by atoms with Crippen LogP contribution in [-0.2, 0) is 4.79 Å². The van der Waals surface area contributed by atoms with Gasteiger partial charge in [0.2, 0.25) is 5.91 Å². The van der Waals surface area contributed by atoms with Crippen LogP contribution in [0.1, 0.15) is 105 Å². The van der Waals surface area contributed by atoms with Crippen LogP contribution in [0.2, 0.25) is 0 Å². The lowest BCUT2D eigenvalue weighted by Gasteiger charge is -2.37. The van der Waals surface area contributed by atoms with Gasteiger partial charge in [-0.15, -0.1) is 0 Å². The van der Waals surface area contributed by atoms with Gasteiger partial charge in [-0.25, -0.2) is 4.79 Å². The molecule has 0 saturated heterocycles. The Balaban J connectivity index is 3.84. The van der Waals surface area contributed by atoms with Gasteiger partial charge in [0.25, 0.3) is 0 Å².